The van der Waals surface area contributed by atoms with Crippen LogP contribution in [0.1, 0.15) is 28.4 Å². The number of thioether (sulfide) groups is 1. The summed E-state index contributed by atoms with van der Waals surface area (Å²) in [4.78, 5) is 13.6. The molecule has 0 aliphatic heterocycles. The Labute approximate surface area is 147 Å². The quantitative estimate of drug-likeness (QED) is 0.621. The van der Waals surface area contributed by atoms with E-state index in [-0.39, 0.29) is 11.0 Å². The molecule has 6 heteroatoms. The van der Waals surface area contributed by atoms with Gasteiger partial charge in [-0.15, -0.1) is 11.8 Å². The number of anilines is 1. The van der Waals surface area contributed by atoms with Crippen molar-refractivity contribution in [3.63, 3.8) is 0 Å². The van der Waals surface area contributed by atoms with Gasteiger partial charge in [0, 0.05) is 16.1 Å². The number of carbonyl (C=O) groups is 1. The van der Waals surface area contributed by atoms with Gasteiger partial charge in [-0.1, -0.05) is 6.07 Å². The lowest BCUT2D eigenvalue weighted by Gasteiger charge is -2.12. The fourth-order valence-electron chi connectivity index (χ4n) is 2.20. The zero-order valence-electron chi connectivity index (χ0n) is 14.2. The summed E-state index contributed by atoms with van der Waals surface area (Å²) in [5, 5.41) is -0.221. The lowest BCUT2D eigenvalue weighted by atomic mass is 10.1. The highest BCUT2D eigenvalue weighted by Gasteiger charge is 2.17. The summed E-state index contributed by atoms with van der Waals surface area (Å²) in [6, 6.07) is 12.7. The summed E-state index contributed by atoms with van der Waals surface area (Å²) in [7, 11) is -3.31. The molecule has 1 N–H and O–H groups in total. The van der Waals surface area contributed by atoms with Crippen LogP contribution >= 0.6 is 11.8 Å². The van der Waals surface area contributed by atoms with Crippen molar-refractivity contribution in [1.29, 1.82) is 0 Å². The van der Waals surface area contributed by atoms with Gasteiger partial charge in [0.05, 0.1) is 11.5 Å². The van der Waals surface area contributed by atoms with Gasteiger partial charge >= 0.3 is 0 Å². The van der Waals surface area contributed by atoms with E-state index in [0.29, 0.717) is 11.3 Å². The molecule has 2 aromatic carbocycles. The Hall–Kier alpha value is -1.79. The highest BCUT2D eigenvalue weighted by molar-refractivity contribution is 8.00. The fourth-order valence-corrected chi connectivity index (χ4v) is 3.80. The third-order valence-corrected chi connectivity index (χ3v) is 5.33. The van der Waals surface area contributed by atoms with Crippen LogP contribution in [0.15, 0.2) is 47.4 Å². The molecule has 0 unspecified atom stereocenters. The number of Topliss-reactive ketones (excluding diaryl/α,β-unsaturated/α-hetero) is 1. The van der Waals surface area contributed by atoms with Gasteiger partial charge < -0.3 is 0 Å². The standard InChI is InChI=1S/C18H21NO3S2/c1-12-5-10-17(11-13(12)2)23-14(3)18(20)15-6-8-16(9-7-15)19-24(4,21)22/h5-11,14,19H,1-4H3/t14-/m0/s1. The SMILES string of the molecule is Cc1ccc(S[C@@H](C)C(=O)c2ccc(NS(C)(=O)=O)cc2)cc1C. The highest BCUT2D eigenvalue weighted by atomic mass is 32.2. The Morgan fingerprint density at radius 1 is 1.04 bits per heavy atom. The smallest absolute Gasteiger partial charge is 0.229 e. The minimum atomic E-state index is -3.31. The molecule has 0 amide bonds. The monoisotopic (exact) mass is 363 g/mol. The molecule has 0 saturated carbocycles. The van der Waals surface area contributed by atoms with Gasteiger partial charge in [-0.2, -0.15) is 0 Å². The van der Waals surface area contributed by atoms with E-state index < -0.39 is 10.0 Å². The molecular formula is C18H21NO3S2. The average molecular weight is 364 g/mol. The van der Waals surface area contributed by atoms with Crippen molar-refractivity contribution in [2.24, 2.45) is 0 Å². The highest BCUT2D eigenvalue weighted by Crippen LogP contribution is 2.27. The molecule has 2 rings (SSSR count). The van der Waals surface area contributed by atoms with Crippen LogP contribution in [0.25, 0.3) is 0 Å². The molecule has 0 fully saturated rings. The van der Waals surface area contributed by atoms with Crippen LogP contribution in [-0.2, 0) is 10.0 Å². The molecule has 0 aromatic heterocycles. The van der Waals surface area contributed by atoms with Crippen molar-refractivity contribution in [2.45, 2.75) is 30.9 Å². The van der Waals surface area contributed by atoms with E-state index in [9.17, 15) is 13.2 Å². The van der Waals surface area contributed by atoms with Crippen molar-refractivity contribution < 1.29 is 13.2 Å². The maximum atomic E-state index is 12.5. The van der Waals surface area contributed by atoms with Gasteiger partial charge in [-0.05, 0) is 68.3 Å². The molecule has 0 bridgehead atoms. The van der Waals surface area contributed by atoms with Gasteiger partial charge in [-0.25, -0.2) is 8.42 Å². The van der Waals surface area contributed by atoms with Crippen LogP contribution in [0.3, 0.4) is 0 Å². The van der Waals surface area contributed by atoms with Gasteiger partial charge in [0.25, 0.3) is 0 Å². The normalized spacial score (nSPS) is 12.7. The van der Waals surface area contributed by atoms with E-state index in [1.54, 1.807) is 24.3 Å². The number of aryl methyl sites for hydroxylation is 2. The molecule has 0 aliphatic rings. The largest absolute Gasteiger partial charge is 0.293 e. The van der Waals surface area contributed by atoms with Gasteiger partial charge in [0.1, 0.15) is 0 Å². The minimum Gasteiger partial charge on any atom is -0.293 e. The molecule has 128 valence electrons. The first-order chi connectivity index (χ1) is 11.2. The van der Waals surface area contributed by atoms with E-state index in [1.165, 1.54) is 22.9 Å². The zero-order valence-corrected chi connectivity index (χ0v) is 15.8. The molecule has 0 saturated heterocycles. The number of hydrogen-bond acceptors (Lipinski definition) is 4. The number of ketones is 1. The first kappa shape index (κ1) is 18.5. The van der Waals surface area contributed by atoms with Crippen LogP contribution in [-0.4, -0.2) is 25.7 Å². The second-order valence-corrected chi connectivity index (χ2v) is 8.98. The Morgan fingerprint density at radius 3 is 2.21 bits per heavy atom. The molecule has 0 aliphatic carbocycles. The summed E-state index contributed by atoms with van der Waals surface area (Å²) in [6.45, 7) is 5.99. The predicted octanol–water partition coefficient (Wildman–Crippen LogP) is 4.04. The van der Waals surface area contributed by atoms with E-state index in [0.717, 1.165) is 11.2 Å². The molecule has 0 radical (unpaired) electrons. The Bertz CT molecular complexity index is 843. The Kier molecular flexibility index (Phi) is 5.72. The van der Waals surface area contributed by atoms with Crippen molar-refractivity contribution in [3.8, 4) is 0 Å². The maximum Gasteiger partial charge on any atom is 0.229 e. The van der Waals surface area contributed by atoms with E-state index in [4.69, 9.17) is 0 Å². The van der Waals surface area contributed by atoms with E-state index >= 15 is 0 Å². The van der Waals surface area contributed by atoms with Gasteiger partial charge in [0.2, 0.25) is 10.0 Å². The molecular weight excluding hydrogens is 342 g/mol. The Balaban J connectivity index is 2.08. The number of nitrogens with one attached hydrogen (secondary N) is 1. The lowest BCUT2D eigenvalue weighted by molar-refractivity contribution is 0.0994. The summed E-state index contributed by atoms with van der Waals surface area (Å²) in [5.74, 6) is 0.0177. The lowest BCUT2D eigenvalue weighted by Crippen LogP contribution is -2.14. The Morgan fingerprint density at radius 2 is 1.67 bits per heavy atom. The second kappa shape index (κ2) is 7.40. The summed E-state index contributed by atoms with van der Waals surface area (Å²) < 4.78 is 24.8. The minimum absolute atomic E-state index is 0.0177. The maximum absolute atomic E-state index is 12.5. The van der Waals surface area contributed by atoms with Crippen LogP contribution in [0.5, 0.6) is 0 Å². The summed E-state index contributed by atoms with van der Waals surface area (Å²) >= 11 is 1.52. The molecule has 0 spiro atoms. The molecule has 0 heterocycles. The van der Waals surface area contributed by atoms with Crippen molar-refractivity contribution >= 4 is 33.3 Å². The average Bonchev–Trinajstić information content (AvgIpc) is 2.49. The van der Waals surface area contributed by atoms with E-state index in [1.807, 2.05) is 13.0 Å². The van der Waals surface area contributed by atoms with Crippen LogP contribution in [0.4, 0.5) is 5.69 Å². The van der Waals surface area contributed by atoms with Crippen molar-refractivity contribution in [2.75, 3.05) is 11.0 Å². The first-order valence-corrected chi connectivity index (χ1v) is 10.3. The predicted molar refractivity (Wildman–Crippen MR) is 100 cm³/mol. The molecule has 24 heavy (non-hydrogen) atoms. The second-order valence-electron chi connectivity index (χ2n) is 5.82. The topological polar surface area (TPSA) is 63.2 Å². The number of rotatable bonds is 6. The third kappa shape index (κ3) is 5.11. The van der Waals surface area contributed by atoms with Crippen LogP contribution < -0.4 is 4.72 Å². The zero-order chi connectivity index (χ0) is 17.9. The van der Waals surface area contributed by atoms with Crippen molar-refractivity contribution in [1.82, 2.24) is 0 Å². The van der Waals surface area contributed by atoms with Gasteiger partial charge in [0.15, 0.2) is 5.78 Å². The number of benzene rings is 2. The fraction of sp³-hybridized carbons (Fsp3) is 0.278. The van der Waals surface area contributed by atoms with Crippen molar-refractivity contribution in [3.05, 3.63) is 59.2 Å². The summed E-state index contributed by atoms with van der Waals surface area (Å²) in [5.41, 5.74) is 3.45. The molecule has 4 nitrogen and oxygen atoms in total. The number of sulfonamides is 1. The third-order valence-electron chi connectivity index (χ3n) is 3.63. The van der Waals surface area contributed by atoms with Crippen LogP contribution in [0, 0.1) is 13.8 Å². The molecule has 1 atom stereocenters. The van der Waals surface area contributed by atoms with E-state index in [2.05, 4.69) is 30.7 Å². The van der Waals surface area contributed by atoms with Crippen LogP contribution in [0.2, 0.25) is 0 Å². The molecule has 2 aromatic rings. The number of hydrogen-bond donors (Lipinski definition) is 1. The summed E-state index contributed by atoms with van der Waals surface area (Å²) in [6.07, 6.45) is 1.09. The number of carbonyl (C=O) groups excluding carboxylic acids is 1. The first-order valence-electron chi connectivity index (χ1n) is 7.52. The van der Waals surface area contributed by atoms with Gasteiger partial charge in [-0.3, -0.25) is 9.52 Å².